The van der Waals surface area contributed by atoms with Crippen molar-refractivity contribution in [3.63, 3.8) is 0 Å². The van der Waals surface area contributed by atoms with Crippen LogP contribution in [0, 0.1) is 11.8 Å². The van der Waals surface area contributed by atoms with Crippen LogP contribution in [0.15, 0.2) is 42.5 Å². The summed E-state index contributed by atoms with van der Waals surface area (Å²) in [5.41, 5.74) is 2.06. The SMILES string of the molecule is CCCCCCCCC#Cc1ccc(-c2cc(OCCCCCC)c(C3=CCC(c4ccc(O[P+](=O)O)s4)S3)cc2OC)s1. The fourth-order valence-electron chi connectivity index (χ4n) is 5.08. The Kier molecular flexibility index (Phi) is 14.7. The van der Waals surface area contributed by atoms with Crippen molar-refractivity contribution in [1.29, 1.82) is 0 Å². The lowest BCUT2D eigenvalue weighted by Crippen LogP contribution is -2.01. The number of allylic oxidation sites excluding steroid dienone is 1. The van der Waals surface area contributed by atoms with Crippen molar-refractivity contribution in [2.24, 2.45) is 0 Å². The predicted octanol–water partition coefficient (Wildman–Crippen LogP) is 11.8. The Balaban J connectivity index is 1.51. The number of methoxy groups -OCH3 is 1. The van der Waals surface area contributed by atoms with Gasteiger partial charge in [-0.2, -0.15) is 0 Å². The average molecular weight is 672 g/mol. The first-order valence-corrected chi connectivity index (χ1v) is 19.4. The molecule has 0 fully saturated rings. The molecule has 0 amide bonds. The molecule has 1 aromatic carbocycles. The van der Waals surface area contributed by atoms with Crippen LogP contribution in [0.5, 0.6) is 16.6 Å². The Morgan fingerprint density at radius 1 is 0.909 bits per heavy atom. The molecule has 0 aliphatic carbocycles. The molecule has 2 aromatic heterocycles. The fraction of sp³-hybridized carbons (Fsp3) is 0.486. The van der Waals surface area contributed by atoms with E-state index in [9.17, 15) is 4.57 Å². The van der Waals surface area contributed by atoms with Gasteiger partial charge in [0.2, 0.25) is 5.06 Å². The van der Waals surface area contributed by atoms with Gasteiger partial charge in [0, 0.05) is 42.0 Å². The minimum Gasteiger partial charge on any atom is -0.496 e. The first-order chi connectivity index (χ1) is 21.5. The molecule has 0 radical (unpaired) electrons. The first-order valence-electron chi connectivity index (χ1n) is 15.8. The van der Waals surface area contributed by atoms with Crippen molar-refractivity contribution in [3.05, 3.63) is 57.8 Å². The van der Waals surface area contributed by atoms with Crippen LogP contribution in [0.25, 0.3) is 15.3 Å². The van der Waals surface area contributed by atoms with Crippen LogP contribution in [0.4, 0.5) is 0 Å². The molecule has 5 nitrogen and oxygen atoms in total. The smallest absolute Gasteiger partial charge is 0.496 e. The number of ether oxygens (including phenoxy) is 2. The number of thiophene rings is 2. The Labute approximate surface area is 276 Å². The highest BCUT2D eigenvalue weighted by Crippen LogP contribution is 2.54. The molecule has 2 atom stereocenters. The molecule has 0 saturated heterocycles. The summed E-state index contributed by atoms with van der Waals surface area (Å²) in [6, 6.07) is 12.2. The van der Waals surface area contributed by atoms with E-state index >= 15 is 0 Å². The van der Waals surface area contributed by atoms with Gasteiger partial charge in [-0.05, 0) is 55.7 Å². The summed E-state index contributed by atoms with van der Waals surface area (Å²) in [5, 5.41) is 0.670. The molecular formula is C35H44O5PS3+. The molecule has 1 N–H and O–H groups in total. The zero-order valence-electron chi connectivity index (χ0n) is 26.1. The molecule has 2 unspecified atom stereocenters. The number of rotatable bonds is 18. The van der Waals surface area contributed by atoms with Crippen LogP contribution in [0.1, 0.15) is 111 Å². The van der Waals surface area contributed by atoms with E-state index in [1.165, 1.54) is 62.7 Å². The van der Waals surface area contributed by atoms with Crippen molar-refractivity contribution in [2.75, 3.05) is 13.7 Å². The maximum Gasteiger partial charge on any atom is 0.748 e. The second-order valence-corrected chi connectivity index (χ2v) is 14.9. The normalized spacial score (nSPS) is 14.6. The lowest BCUT2D eigenvalue weighted by Gasteiger charge is -2.17. The van der Waals surface area contributed by atoms with E-state index in [0.717, 1.165) is 67.8 Å². The molecule has 44 heavy (non-hydrogen) atoms. The largest absolute Gasteiger partial charge is 0.748 e. The molecule has 4 rings (SSSR count). The van der Waals surface area contributed by atoms with Crippen LogP contribution >= 0.6 is 42.7 Å². The number of hydrogen-bond donors (Lipinski definition) is 1. The van der Waals surface area contributed by atoms with Gasteiger partial charge in [0.05, 0.1) is 18.6 Å². The number of thioether (sulfide) groups is 1. The minimum atomic E-state index is -2.67. The maximum absolute atomic E-state index is 11.1. The third-order valence-electron chi connectivity index (χ3n) is 7.44. The molecule has 0 saturated carbocycles. The van der Waals surface area contributed by atoms with E-state index in [1.54, 1.807) is 36.3 Å². The summed E-state index contributed by atoms with van der Waals surface area (Å²) >= 11 is 4.90. The minimum absolute atomic E-state index is 0.210. The van der Waals surface area contributed by atoms with Gasteiger partial charge in [-0.1, -0.05) is 94.5 Å². The molecule has 3 aromatic rings. The summed E-state index contributed by atoms with van der Waals surface area (Å²) < 4.78 is 28.5. The molecule has 0 bridgehead atoms. The van der Waals surface area contributed by atoms with Crippen molar-refractivity contribution in [2.45, 2.75) is 96.1 Å². The quantitative estimate of drug-likeness (QED) is 0.0825. The van der Waals surface area contributed by atoms with Crippen molar-refractivity contribution < 1.29 is 23.5 Å². The number of benzene rings is 1. The summed E-state index contributed by atoms with van der Waals surface area (Å²) in [6.45, 7) is 5.14. The monoisotopic (exact) mass is 671 g/mol. The average Bonchev–Trinajstić information content (AvgIpc) is 3.79. The van der Waals surface area contributed by atoms with Gasteiger partial charge in [-0.25, -0.2) is 4.52 Å². The number of unbranched alkanes of at least 4 members (excludes halogenated alkanes) is 9. The van der Waals surface area contributed by atoms with Crippen molar-refractivity contribution >= 4 is 47.6 Å². The second kappa shape index (κ2) is 18.6. The Morgan fingerprint density at radius 2 is 1.66 bits per heavy atom. The Morgan fingerprint density at radius 3 is 2.43 bits per heavy atom. The van der Waals surface area contributed by atoms with Crippen LogP contribution in [-0.4, -0.2) is 18.6 Å². The van der Waals surface area contributed by atoms with Crippen LogP contribution in [0.2, 0.25) is 0 Å². The van der Waals surface area contributed by atoms with E-state index in [4.69, 9.17) is 18.9 Å². The highest BCUT2D eigenvalue weighted by molar-refractivity contribution is 8.08. The van der Waals surface area contributed by atoms with Gasteiger partial charge in [0.25, 0.3) is 0 Å². The third-order valence-corrected chi connectivity index (χ3v) is 11.5. The molecule has 0 spiro atoms. The standard InChI is InChI=1S/C35H43O5PS3/c1-4-6-8-10-11-12-13-14-16-26-17-18-31(42-26)27-25-30(39-23-15-9-7-5-2)28(24-29(27)38-3)32-19-20-33(43-32)34-21-22-35(44-34)40-41(36)37/h17-19,21-22,24-25,33H,4-13,15,20,23H2,1-3H3/p+1. The van der Waals surface area contributed by atoms with Crippen LogP contribution < -0.4 is 14.0 Å². The maximum atomic E-state index is 11.1. The van der Waals surface area contributed by atoms with Gasteiger partial charge >= 0.3 is 8.25 Å². The zero-order chi connectivity index (χ0) is 31.1. The predicted molar refractivity (Wildman–Crippen MR) is 189 cm³/mol. The van der Waals surface area contributed by atoms with E-state index < -0.39 is 8.25 Å². The van der Waals surface area contributed by atoms with Crippen LogP contribution in [0.3, 0.4) is 0 Å². The van der Waals surface area contributed by atoms with Gasteiger partial charge in [-0.15, -0.1) is 28.0 Å². The van der Waals surface area contributed by atoms with Gasteiger partial charge < -0.3 is 9.47 Å². The second-order valence-electron chi connectivity index (χ2n) is 10.8. The van der Waals surface area contributed by atoms with Gasteiger partial charge in [-0.3, -0.25) is 0 Å². The van der Waals surface area contributed by atoms with E-state index in [0.29, 0.717) is 11.7 Å². The van der Waals surface area contributed by atoms with E-state index in [1.807, 2.05) is 6.07 Å². The molecule has 236 valence electrons. The summed E-state index contributed by atoms with van der Waals surface area (Å²) in [4.78, 5) is 13.6. The zero-order valence-corrected chi connectivity index (χ0v) is 29.4. The molecule has 1 aliphatic rings. The highest BCUT2D eigenvalue weighted by atomic mass is 32.2. The summed E-state index contributed by atoms with van der Waals surface area (Å²) in [6.07, 6.45) is 16.3. The molecular weight excluding hydrogens is 628 g/mol. The lowest BCUT2D eigenvalue weighted by molar-refractivity contribution is 0.304. The van der Waals surface area contributed by atoms with Crippen molar-refractivity contribution in [3.8, 4) is 38.8 Å². The fourth-order valence-corrected chi connectivity index (χ4v) is 8.73. The number of hydrogen-bond acceptors (Lipinski definition) is 7. The van der Waals surface area contributed by atoms with Gasteiger partial charge in [0.1, 0.15) is 11.5 Å². The molecule has 3 heterocycles. The Hall–Kier alpha value is -2.27. The van der Waals surface area contributed by atoms with E-state index in [-0.39, 0.29) is 5.25 Å². The van der Waals surface area contributed by atoms with Crippen molar-refractivity contribution in [1.82, 2.24) is 0 Å². The summed E-state index contributed by atoms with van der Waals surface area (Å²) in [7, 11) is -0.943. The lowest BCUT2D eigenvalue weighted by atomic mass is 10.1. The third kappa shape index (κ3) is 10.4. The summed E-state index contributed by atoms with van der Waals surface area (Å²) in [5.74, 6) is 8.44. The molecule has 9 heteroatoms. The van der Waals surface area contributed by atoms with Gasteiger partial charge in [0.15, 0.2) is 0 Å². The Bertz CT molecular complexity index is 1450. The first kappa shape index (κ1) is 34.6. The topological polar surface area (TPSA) is 65.0 Å². The molecule has 1 aliphatic heterocycles. The van der Waals surface area contributed by atoms with Crippen LogP contribution in [-0.2, 0) is 4.57 Å². The highest BCUT2D eigenvalue weighted by Gasteiger charge is 2.27. The van der Waals surface area contributed by atoms with E-state index in [2.05, 4.69) is 56.0 Å².